The second-order valence-electron chi connectivity index (χ2n) is 3.55. The summed E-state index contributed by atoms with van der Waals surface area (Å²) in [6.07, 6.45) is 1.05. The first-order chi connectivity index (χ1) is 5.57. The predicted molar refractivity (Wildman–Crippen MR) is 52.2 cm³/mol. The molecule has 2 atom stereocenters. The molecule has 0 aliphatic rings. The van der Waals surface area contributed by atoms with Crippen LogP contribution < -0.4 is 5.73 Å². The standard InChI is InChI=1S/C9H22N2O/c1-8(10)5-6-11(3)9(2)7-12-4/h8-9H,5-7,10H2,1-4H3. The summed E-state index contributed by atoms with van der Waals surface area (Å²) in [5, 5.41) is 0. The Bertz CT molecular complexity index is 107. The van der Waals surface area contributed by atoms with Crippen molar-refractivity contribution in [2.45, 2.75) is 32.4 Å². The first kappa shape index (κ1) is 11.9. The van der Waals surface area contributed by atoms with Gasteiger partial charge in [-0.1, -0.05) is 0 Å². The van der Waals surface area contributed by atoms with Crippen LogP contribution in [-0.4, -0.2) is 44.3 Å². The van der Waals surface area contributed by atoms with Gasteiger partial charge >= 0.3 is 0 Å². The highest BCUT2D eigenvalue weighted by atomic mass is 16.5. The largest absolute Gasteiger partial charge is 0.383 e. The predicted octanol–water partition coefficient (Wildman–Crippen LogP) is 0.690. The van der Waals surface area contributed by atoms with Crippen molar-refractivity contribution in [3.8, 4) is 0 Å². The molecule has 3 heteroatoms. The Labute approximate surface area is 75.9 Å². The lowest BCUT2D eigenvalue weighted by atomic mass is 10.2. The maximum absolute atomic E-state index is 5.66. The molecule has 0 heterocycles. The van der Waals surface area contributed by atoms with Crippen molar-refractivity contribution >= 4 is 0 Å². The van der Waals surface area contributed by atoms with Crippen LogP contribution in [0, 0.1) is 0 Å². The summed E-state index contributed by atoms with van der Waals surface area (Å²) in [4.78, 5) is 2.27. The smallest absolute Gasteiger partial charge is 0.0615 e. The van der Waals surface area contributed by atoms with E-state index in [1.54, 1.807) is 7.11 Å². The Morgan fingerprint density at radius 3 is 2.42 bits per heavy atom. The SMILES string of the molecule is COCC(C)N(C)CCC(C)N. The van der Waals surface area contributed by atoms with Crippen LogP contribution in [0.5, 0.6) is 0 Å². The monoisotopic (exact) mass is 174 g/mol. The second-order valence-corrected chi connectivity index (χ2v) is 3.55. The van der Waals surface area contributed by atoms with Crippen LogP contribution in [0.1, 0.15) is 20.3 Å². The van der Waals surface area contributed by atoms with E-state index in [1.807, 2.05) is 6.92 Å². The van der Waals surface area contributed by atoms with Crippen LogP contribution >= 0.6 is 0 Å². The quantitative estimate of drug-likeness (QED) is 0.644. The fraction of sp³-hybridized carbons (Fsp3) is 1.00. The number of nitrogens with zero attached hydrogens (tertiary/aromatic N) is 1. The summed E-state index contributed by atoms with van der Waals surface area (Å²) in [5.74, 6) is 0. The van der Waals surface area contributed by atoms with Crippen molar-refractivity contribution in [2.24, 2.45) is 5.73 Å². The molecule has 0 saturated carbocycles. The highest BCUT2D eigenvalue weighted by Crippen LogP contribution is 1.98. The first-order valence-corrected chi connectivity index (χ1v) is 4.52. The number of methoxy groups -OCH3 is 1. The molecule has 3 nitrogen and oxygen atoms in total. The van der Waals surface area contributed by atoms with Gasteiger partial charge in [0.25, 0.3) is 0 Å². The van der Waals surface area contributed by atoms with E-state index in [9.17, 15) is 0 Å². The molecule has 0 aromatic rings. The molecule has 0 fully saturated rings. The van der Waals surface area contributed by atoms with Gasteiger partial charge in [-0.15, -0.1) is 0 Å². The zero-order valence-corrected chi connectivity index (χ0v) is 8.71. The third-order valence-corrected chi connectivity index (χ3v) is 2.10. The highest BCUT2D eigenvalue weighted by molar-refractivity contribution is 4.64. The minimum absolute atomic E-state index is 0.294. The molecule has 0 aromatic heterocycles. The summed E-state index contributed by atoms with van der Waals surface area (Å²) in [7, 11) is 3.84. The average molecular weight is 174 g/mol. The topological polar surface area (TPSA) is 38.5 Å². The number of hydrogen-bond acceptors (Lipinski definition) is 3. The van der Waals surface area contributed by atoms with Gasteiger partial charge in [0.1, 0.15) is 0 Å². The number of ether oxygens (including phenoxy) is 1. The number of likely N-dealkylation sites (N-methyl/N-ethyl adjacent to an activating group) is 1. The Hall–Kier alpha value is -0.120. The molecule has 12 heavy (non-hydrogen) atoms. The maximum Gasteiger partial charge on any atom is 0.0615 e. The number of hydrogen-bond donors (Lipinski definition) is 1. The Balaban J connectivity index is 3.49. The zero-order valence-electron chi connectivity index (χ0n) is 8.71. The second kappa shape index (κ2) is 6.40. The van der Waals surface area contributed by atoms with E-state index in [0.717, 1.165) is 19.6 Å². The van der Waals surface area contributed by atoms with Crippen LogP contribution in [0.15, 0.2) is 0 Å². The van der Waals surface area contributed by atoms with E-state index in [0.29, 0.717) is 12.1 Å². The molecule has 0 aliphatic carbocycles. The molecule has 2 N–H and O–H groups in total. The molecule has 2 unspecified atom stereocenters. The molecule has 0 aromatic carbocycles. The van der Waals surface area contributed by atoms with E-state index < -0.39 is 0 Å². The van der Waals surface area contributed by atoms with Crippen LogP contribution in [0.2, 0.25) is 0 Å². The van der Waals surface area contributed by atoms with E-state index in [4.69, 9.17) is 10.5 Å². The van der Waals surface area contributed by atoms with Crippen LogP contribution in [-0.2, 0) is 4.74 Å². The van der Waals surface area contributed by atoms with Gasteiger partial charge in [0, 0.05) is 19.2 Å². The lowest BCUT2D eigenvalue weighted by Crippen LogP contribution is -2.35. The van der Waals surface area contributed by atoms with Gasteiger partial charge in [0.2, 0.25) is 0 Å². The lowest BCUT2D eigenvalue weighted by Gasteiger charge is -2.24. The van der Waals surface area contributed by atoms with E-state index >= 15 is 0 Å². The molecule has 0 saturated heterocycles. The minimum atomic E-state index is 0.294. The fourth-order valence-corrected chi connectivity index (χ4v) is 0.996. The fourth-order valence-electron chi connectivity index (χ4n) is 0.996. The van der Waals surface area contributed by atoms with Gasteiger partial charge in [-0.2, -0.15) is 0 Å². The van der Waals surface area contributed by atoms with Crippen LogP contribution in [0.25, 0.3) is 0 Å². The van der Waals surface area contributed by atoms with E-state index in [1.165, 1.54) is 0 Å². The van der Waals surface area contributed by atoms with Crippen molar-refractivity contribution in [1.82, 2.24) is 4.90 Å². The van der Waals surface area contributed by atoms with Crippen molar-refractivity contribution in [2.75, 3.05) is 27.3 Å². The molecule has 0 radical (unpaired) electrons. The first-order valence-electron chi connectivity index (χ1n) is 4.52. The molecule has 0 spiro atoms. The van der Waals surface area contributed by atoms with Crippen LogP contribution in [0.3, 0.4) is 0 Å². The van der Waals surface area contributed by atoms with Crippen molar-refractivity contribution in [1.29, 1.82) is 0 Å². The Kier molecular flexibility index (Phi) is 6.34. The number of nitrogens with two attached hydrogens (primary N) is 1. The third-order valence-electron chi connectivity index (χ3n) is 2.10. The highest BCUT2D eigenvalue weighted by Gasteiger charge is 2.08. The van der Waals surface area contributed by atoms with Crippen molar-refractivity contribution in [3.63, 3.8) is 0 Å². The maximum atomic E-state index is 5.66. The molecule has 0 rings (SSSR count). The van der Waals surface area contributed by atoms with Crippen molar-refractivity contribution < 1.29 is 4.74 Å². The van der Waals surface area contributed by atoms with Gasteiger partial charge in [-0.3, -0.25) is 0 Å². The van der Waals surface area contributed by atoms with Crippen LogP contribution in [0.4, 0.5) is 0 Å². The average Bonchev–Trinajstić information content (AvgIpc) is 2.00. The summed E-state index contributed by atoms with van der Waals surface area (Å²) in [6, 6.07) is 0.774. The summed E-state index contributed by atoms with van der Waals surface area (Å²) in [6.45, 7) is 6.02. The van der Waals surface area contributed by atoms with Gasteiger partial charge in [0.05, 0.1) is 6.61 Å². The van der Waals surface area contributed by atoms with Gasteiger partial charge < -0.3 is 15.4 Å². The molecule has 0 aliphatic heterocycles. The van der Waals surface area contributed by atoms with E-state index in [-0.39, 0.29) is 0 Å². The summed E-state index contributed by atoms with van der Waals surface area (Å²) >= 11 is 0. The normalized spacial score (nSPS) is 16.5. The van der Waals surface area contributed by atoms with Gasteiger partial charge in [0.15, 0.2) is 0 Å². The molecule has 0 amide bonds. The minimum Gasteiger partial charge on any atom is -0.383 e. The van der Waals surface area contributed by atoms with E-state index in [2.05, 4.69) is 18.9 Å². The number of rotatable bonds is 6. The molecular formula is C9H22N2O. The molecule has 74 valence electrons. The lowest BCUT2D eigenvalue weighted by molar-refractivity contribution is 0.114. The summed E-state index contributed by atoms with van der Waals surface area (Å²) < 4.78 is 5.06. The zero-order chi connectivity index (χ0) is 9.56. The molecule has 0 bridgehead atoms. The van der Waals surface area contributed by atoms with Gasteiger partial charge in [-0.05, 0) is 33.9 Å². The van der Waals surface area contributed by atoms with Crippen molar-refractivity contribution in [3.05, 3.63) is 0 Å². The third kappa shape index (κ3) is 5.52. The molecular weight excluding hydrogens is 152 g/mol. The Morgan fingerprint density at radius 1 is 1.42 bits per heavy atom. The van der Waals surface area contributed by atoms with Gasteiger partial charge in [-0.25, -0.2) is 0 Å². The summed E-state index contributed by atoms with van der Waals surface area (Å²) in [5.41, 5.74) is 5.66. The Morgan fingerprint density at radius 2 is 2.00 bits per heavy atom.